The monoisotopic (exact) mass is 325 g/mol. The van der Waals surface area contributed by atoms with Crippen LogP contribution in [0.5, 0.6) is 0 Å². The lowest BCUT2D eigenvalue weighted by molar-refractivity contribution is 0.300. The first-order valence-corrected chi connectivity index (χ1v) is 6.18. The standard InChI is InChI=1S/C8H9Br2NOS/c1-5(4-12)13-8-7(10)2-6(9)3-11-8/h2-3,5,12H,4H2,1H3. The lowest BCUT2D eigenvalue weighted by Crippen LogP contribution is -2.02. The van der Waals surface area contributed by atoms with Crippen LogP contribution in [0, 0.1) is 0 Å². The molecule has 1 aromatic rings. The topological polar surface area (TPSA) is 33.1 Å². The van der Waals surface area contributed by atoms with Crippen LogP contribution in [-0.4, -0.2) is 21.9 Å². The van der Waals surface area contributed by atoms with Gasteiger partial charge < -0.3 is 5.11 Å². The minimum Gasteiger partial charge on any atom is -0.395 e. The third kappa shape index (κ3) is 3.58. The molecule has 2 nitrogen and oxygen atoms in total. The predicted octanol–water partition coefficient (Wildman–Crippen LogP) is 3.08. The van der Waals surface area contributed by atoms with Crippen molar-refractivity contribution in [1.29, 1.82) is 0 Å². The molecule has 0 aliphatic carbocycles. The molecule has 5 heteroatoms. The predicted molar refractivity (Wildman–Crippen MR) is 62.0 cm³/mol. The summed E-state index contributed by atoms with van der Waals surface area (Å²) in [6.07, 6.45) is 1.75. The van der Waals surface area contributed by atoms with E-state index in [1.54, 1.807) is 18.0 Å². The highest BCUT2D eigenvalue weighted by Gasteiger charge is 2.07. The van der Waals surface area contributed by atoms with Crippen molar-refractivity contribution in [2.75, 3.05) is 6.61 Å². The van der Waals surface area contributed by atoms with Gasteiger partial charge in [-0.05, 0) is 37.9 Å². The lowest BCUT2D eigenvalue weighted by atomic mass is 10.5. The number of hydrogen-bond donors (Lipinski definition) is 1. The Balaban J connectivity index is 2.77. The zero-order valence-corrected chi connectivity index (χ0v) is 11.0. The number of nitrogens with zero attached hydrogens (tertiary/aromatic N) is 1. The largest absolute Gasteiger partial charge is 0.395 e. The summed E-state index contributed by atoms with van der Waals surface area (Å²) in [7, 11) is 0. The Kier molecular flexibility index (Phi) is 4.72. The van der Waals surface area contributed by atoms with Crippen molar-refractivity contribution < 1.29 is 5.11 Å². The fourth-order valence-corrected chi connectivity index (χ4v) is 2.73. The van der Waals surface area contributed by atoms with Crippen molar-refractivity contribution in [2.45, 2.75) is 17.2 Å². The first-order chi connectivity index (χ1) is 6.13. The second-order valence-corrected chi connectivity index (χ2v) is 5.75. The van der Waals surface area contributed by atoms with Gasteiger partial charge in [0.25, 0.3) is 0 Å². The third-order valence-electron chi connectivity index (χ3n) is 1.34. The first-order valence-electron chi connectivity index (χ1n) is 3.72. The summed E-state index contributed by atoms with van der Waals surface area (Å²) in [5, 5.41) is 9.95. The number of aliphatic hydroxyl groups is 1. The smallest absolute Gasteiger partial charge is 0.111 e. The molecule has 1 rings (SSSR count). The molecule has 0 aliphatic rings. The van der Waals surface area contributed by atoms with E-state index in [1.165, 1.54) is 0 Å². The fraction of sp³-hybridized carbons (Fsp3) is 0.375. The molecule has 1 N–H and O–H groups in total. The number of hydrogen-bond acceptors (Lipinski definition) is 3. The van der Waals surface area contributed by atoms with Crippen LogP contribution >= 0.6 is 43.6 Å². The van der Waals surface area contributed by atoms with Crippen molar-refractivity contribution in [3.05, 3.63) is 21.2 Å². The van der Waals surface area contributed by atoms with Crippen LogP contribution < -0.4 is 0 Å². The lowest BCUT2D eigenvalue weighted by Gasteiger charge is -2.07. The molecule has 1 unspecified atom stereocenters. The zero-order valence-electron chi connectivity index (χ0n) is 7.00. The van der Waals surface area contributed by atoms with E-state index in [0.717, 1.165) is 14.0 Å². The van der Waals surface area contributed by atoms with Crippen molar-refractivity contribution in [3.8, 4) is 0 Å². The molecule has 0 aliphatic heterocycles. The average molecular weight is 327 g/mol. The summed E-state index contributed by atoms with van der Waals surface area (Å²) in [6, 6.07) is 1.94. The number of aliphatic hydroxyl groups excluding tert-OH is 1. The number of halogens is 2. The fourth-order valence-electron chi connectivity index (χ4n) is 0.717. The number of thioether (sulfide) groups is 1. The highest BCUT2D eigenvalue weighted by atomic mass is 79.9. The van der Waals surface area contributed by atoms with Crippen LogP contribution in [0.3, 0.4) is 0 Å². The van der Waals surface area contributed by atoms with Gasteiger partial charge in [-0.15, -0.1) is 0 Å². The van der Waals surface area contributed by atoms with Crippen molar-refractivity contribution >= 4 is 43.6 Å². The Morgan fingerprint density at radius 1 is 1.62 bits per heavy atom. The third-order valence-corrected chi connectivity index (χ3v) is 3.74. The van der Waals surface area contributed by atoms with Crippen LogP contribution in [0.25, 0.3) is 0 Å². The van der Waals surface area contributed by atoms with Crippen LogP contribution in [0.4, 0.5) is 0 Å². The zero-order chi connectivity index (χ0) is 9.84. The summed E-state index contributed by atoms with van der Waals surface area (Å²) >= 11 is 8.29. The average Bonchev–Trinajstić information content (AvgIpc) is 2.09. The molecule has 0 bridgehead atoms. The van der Waals surface area contributed by atoms with Gasteiger partial charge in [0.1, 0.15) is 5.03 Å². The van der Waals surface area contributed by atoms with E-state index in [-0.39, 0.29) is 11.9 Å². The number of rotatable bonds is 3. The molecule has 0 fully saturated rings. The Morgan fingerprint density at radius 3 is 2.85 bits per heavy atom. The highest BCUT2D eigenvalue weighted by Crippen LogP contribution is 2.30. The van der Waals surface area contributed by atoms with Crippen LogP contribution in [0.2, 0.25) is 0 Å². The van der Waals surface area contributed by atoms with Gasteiger partial charge in [-0.2, -0.15) is 0 Å². The van der Waals surface area contributed by atoms with Crippen molar-refractivity contribution in [3.63, 3.8) is 0 Å². The Bertz CT molecular complexity index is 295. The summed E-state index contributed by atoms with van der Waals surface area (Å²) in [5.74, 6) is 0. The maximum Gasteiger partial charge on any atom is 0.111 e. The van der Waals surface area contributed by atoms with Crippen molar-refractivity contribution in [2.24, 2.45) is 0 Å². The van der Waals surface area contributed by atoms with E-state index in [1.807, 2.05) is 13.0 Å². The van der Waals surface area contributed by atoms with Gasteiger partial charge in [0.05, 0.1) is 11.1 Å². The van der Waals surface area contributed by atoms with Crippen LogP contribution in [0.1, 0.15) is 6.92 Å². The Hall–Kier alpha value is 0.420. The molecule has 0 saturated carbocycles. The van der Waals surface area contributed by atoms with Crippen LogP contribution in [0.15, 0.2) is 26.2 Å². The quantitative estimate of drug-likeness (QED) is 0.866. The van der Waals surface area contributed by atoms with Gasteiger partial charge in [0.15, 0.2) is 0 Å². The second kappa shape index (κ2) is 5.34. The molecule has 0 amide bonds. The summed E-state index contributed by atoms with van der Waals surface area (Å²) in [6.45, 7) is 2.12. The molecule has 0 spiro atoms. The van der Waals surface area contributed by atoms with Crippen molar-refractivity contribution in [1.82, 2.24) is 4.98 Å². The molecule has 72 valence electrons. The summed E-state index contributed by atoms with van der Waals surface area (Å²) < 4.78 is 1.90. The molecular formula is C8H9Br2NOS. The molecule has 0 saturated heterocycles. The molecule has 0 radical (unpaired) electrons. The molecule has 1 atom stereocenters. The molecular weight excluding hydrogens is 318 g/mol. The van der Waals surface area contributed by atoms with E-state index in [4.69, 9.17) is 5.11 Å². The molecule has 1 heterocycles. The van der Waals surface area contributed by atoms with E-state index >= 15 is 0 Å². The SMILES string of the molecule is CC(CO)Sc1ncc(Br)cc1Br. The van der Waals surface area contributed by atoms with Gasteiger partial charge in [-0.1, -0.05) is 18.7 Å². The Labute approximate surface area is 98.4 Å². The number of aromatic nitrogens is 1. The van der Waals surface area contributed by atoms with Gasteiger partial charge >= 0.3 is 0 Å². The normalized spacial score (nSPS) is 12.9. The van der Waals surface area contributed by atoms with E-state index < -0.39 is 0 Å². The summed E-state index contributed by atoms with van der Waals surface area (Å²) in [4.78, 5) is 4.22. The molecule has 13 heavy (non-hydrogen) atoms. The van der Waals surface area contributed by atoms with Gasteiger partial charge in [-0.25, -0.2) is 4.98 Å². The van der Waals surface area contributed by atoms with Gasteiger partial charge in [-0.3, -0.25) is 0 Å². The number of pyridine rings is 1. The van der Waals surface area contributed by atoms with Gasteiger partial charge in [0, 0.05) is 15.9 Å². The van der Waals surface area contributed by atoms with E-state index in [9.17, 15) is 0 Å². The maximum absolute atomic E-state index is 8.87. The van der Waals surface area contributed by atoms with E-state index in [2.05, 4.69) is 36.8 Å². The molecule has 1 aromatic heterocycles. The van der Waals surface area contributed by atoms with Gasteiger partial charge in [0.2, 0.25) is 0 Å². The molecule has 0 aromatic carbocycles. The first kappa shape index (κ1) is 11.5. The Morgan fingerprint density at radius 2 is 2.31 bits per heavy atom. The highest BCUT2D eigenvalue weighted by molar-refractivity contribution is 9.11. The maximum atomic E-state index is 8.87. The van der Waals surface area contributed by atoms with E-state index in [0.29, 0.717) is 0 Å². The van der Waals surface area contributed by atoms with Crippen LogP contribution in [-0.2, 0) is 0 Å². The summed E-state index contributed by atoms with van der Waals surface area (Å²) in [5.41, 5.74) is 0. The second-order valence-electron chi connectivity index (χ2n) is 2.55. The minimum absolute atomic E-state index is 0.162. The minimum atomic E-state index is 0.162.